The van der Waals surface area contributed by atoms with Gasteiger partial charge in [-0.3, -0.25) is 14.5 Å². The molecule has 25 heavy (non-hydrogen) atoms. The van der Waals surface area contributed by atoms with E-state index in [0.717, 1.165) is 25.9 Å². The van der Waals surface area contributed by atoms with Gasteiger partial charge in [0, 0.05) is 24.7 Å². The van der Waals surface area contributed by atoms with Crippen molar-refractivity contribution in [2.45, 2.75) is 25.6 Å². The number of likely N-dealkylation sites (tertiary alicyclic amines) is 1. The Morgan fingerprint density at radius 3 is 2.56 bits per heavy atom. The average Bonchev–Trinajstić information content (AvgIpc) is 2.64. The van der Waals surface area contributed by atoms with E-state index >= 15 is 0 Å². The van der Waals surface area contributed by atoms with E-state index in [1.54, 1.807) is 12.1 Å². The lowest BCUT2D eigenvalue weighted by molar-refractivity contribution is 0.0895. The number of benzene rings is 1. The van der Waals surface area contributed by atoms with Crippen LogP contribution in [0.5, 0.6) is 0 Å². The van der Waals surface area contributed by atoms with Crippen molar-refractivity contribution in [3.8, 4) is 0 Å². The fraction of sp³-hybridized carbons (Fsp3) is 0.353. The molecule has 0 radical (unpaired) electrons. The molecule has 1 aromatic carbocycles. The number of aromatic nitrogens is 2. The molecular formula is C17H18Cl2N4O2. The predicted octanol–water partition coefficient (Wildman–Crippen LogP) is 2.40. The highest BCUT2D eigenvalue weighted by molar-refractivity contribution is 6.41. The number of carbonyl (C=O) groups excluding carboxylic acids is 1. The molecule has 3 rings (SSSR count). The fourth-order valence-electron chi connectivity index (χ4n) is 2.81. The predicted molar refractivity (Wildman–Crippen MR) is 97.0 cm³/mol. The van der Waals surface area contributed by atoms with Gasteiger partial charge in [-0.15, -0.1) is 0 Å². The first kappa shape index (κ1) is 17.9. The molecule has 0 atom stereocenters. The number of hydrogen-bond donors (Lipinski definition) is 1. The van der Waals surface area contributed by atoms with Gasteiger partial charge in [0.1, 0.15) is 5.02 Å². The molecule has 0 saturated carbocycles. The van der Waals surface area contributed by atoms with Gasteiger partial charge in [0.2, 0.25) is 0 Å². The van der Waals surface area contributed by atoms with E-state index in [1.165, 1.54) is 10.9 Å². The number of nitrogens with one attached hydrogen (secondary N) is 1. The highest BCUT2D eigenvalue weighted by atomic mass is 35.5. The molecule has 0 spiro atoms. The van der Waals surface area contributed by atoms with E-state index in [9.17, 15) is 9.59 Å². The van der Waals surface area contributed by atoms with Gasteiger partial charge in [0.05, 0.1) is 17.9 Å². The monoisotopic (exact) mass is 380 g/mol. The van der Waals surface area contributed by atoms with E-state index in [0.29, 0.717) is 12.2 Å². The van der Waals surface area contributed by atoms with Gasteiger partial charge in [-0.1, -0.05) is 41.4 Å². The van der Waals surface area contributed by atoms with Crippen LogP contribution in [0.4, 0.5) is 0 Å². The minimum absolute atomic E-state index is 0.0123. The van der Waals surface area contributed by atoms with Gasteiger partial charge in [-0.25, -0.2) is 4.68 Å². The number of nitrogens with zero attached hydrogens (tertiary/aromatic N) is 3. The van der Waals surface area contributed by atoms with Crippen molar-refractivity contribution in [1.29, 1.82) is 0 Å². The molecule has 0 unspecified atom stereocenters. The van der Waals surface area contributed by atoms with Crippen LogP contribution in [-0.2, 0) is 6.67 Å². The quantitative estimate of drug-likeness (QED) is 0.883. The summed E-state index contributed by atoms with van der Waals surface area (Å²) >= 11 is 11.7. The summed E-state index contributed by atoms with van der Waals surface area (Å²) in [6.45, 7) is 1.87. The third kappa shape index (κ3) is 4.39. The first-order valence-electron chi connectivity index (χ1n) is 8.04. The highest BCUT2D eigenvalue weighted by Crippen LogP contribution is 2.16. The highest BCUT2D eigenvalue weighted by Gasteiger charge is 2.22. The third-order valence-electron chi connectivity index (χ3n) is 4.24. The standard InChI is InChI=1S/C17H18Cl2N4O2/c18-14-10-20-23(17(25)15(14)19)11-22-8-6-13(7-9-22)21-16(24)12-4-2-1-3-5-12/h1-5,10,13H,6-9,11H2,(H,21,24). The summed E-state index contributed by atoms with van der Waals surface area (Å²) in [6, 6.07) is 9.30. The molecule has 1 fully saturated rings. The van der Waals surface area contributed by atoms with Crippen LogP contribution < -0.4 is 10.9 Å². The van der Waals surface area contributed by atoms with Gasteiger partial charge < -0.3 is 5.32 Å². The number of amides is 1. The molecule has 8 heteroatoms. The third-order valence-corrected chi connectivity index (χ3v) is 4.98. The largest absolute Gasteiger partial charge is 0.349 e. The minimum Gasteiger partial charge on any atom is -0.349 e. The van der Waals surface area contributed by atoms with Gasteiger partial charge in [0.15, 0.2) is 0 Å². The average molecular weight is 381 g/mol. The van der Waals surface area contributed by atoms with Crippen LogP contribution in [0.1, 0.15) is 23.2 Å². The summed E-state index contributed by atoms with van der Waals surface area (Å²) in [4.78, 5) is 26.3. The van der Waals surface area contributed by atoms with Crippen LogP contribution in [0.3, 0.4) is 0 Å². The van der Waals surface area contributed by atoms with Crippen molar-refractivity contribution in [2.24, 2.45) is 0 Å². The van der Waals surface area contributed by atoms with E-state index < -0.39 is 5.56 Å². The molecule has 2 aromatic rings. The number of rotatable bonds is 4. The fourth-order valence-corrected chi connectivity index (χ4v) is 3.08. The van der Waals surface area contributed by atoms with Crippen molar-refractivity contribution >= 4 is 29.1 Å². The summed E-state index contributed by atoms with van der Waals surface area (Å²) in [6.07, 6.45) is 3.00. The van der Waals surface area contributed by atoms with Crippen molar-refractivity contribution in [1.82, 2.24) is 20.0 Å². The van der Waals surface area contributed by atoms with E-state index in [4.69, 9.17) is 23.2 Å². The topological polar surface area (TPSA) is 67.2 Å². The lowest BCUT2D eigenvalue weighted by atomic mass is 10.0. The van der Waals surface area contributed by atoms with Crippen molar-refractivity contribution < 1.29 is 4.79 Å². The summed E-state index contributed by atoms with van der Waals surface area (Å²) in [5, 5.41) is 7.22. The number of piperidine rings is 1. The first-order chi connectivity index (χ1) is 12.0. The zero-order chi connectivity index (χ0) is 17.8. The Morgan fingerprint density at radius 1 is 1.20 bits per heavy atom. The number of hydrogen-bond acceptors (Lipinski definition) is 4. The zero-order valence-electron chi connectivity index (χ0n) is 13.5. The van der Waals surface area contributed by atoms with Crippen LogP contribution in [0.15, 0.2) is 41.3 Å². The molecule has 2 heterocycles. The SMILES string of the molecule is O=C(NC1CCN(Cn2ncc(Cl)c(Cl)c2=O)CC1)c1ccccc1. The number of carbonyl (C=O) groups is 1. The zero-order valence-corrected chi connectivity index (χ0v) is 15.0. The van der Waals surface area contributed by atoms with Gasteiger partial charge in [-0.05, 0) is 25.0 Å². The second-order valence-corrected chi connectivity index (χ2v) is 6.77. The molecule has 0 aliphatic carbocycles. The van der Waals surface area contributed by atoms with E-state index in [2.05, 4.69) is 15.3 Å². The van der Waals surface area contributed by atoms with E-state index in [1.807, 2.05) is 18.2 Å². The van der Waals surface area contributed by atoms with Crippen LogP contribution in [-0.4, -0.2) is 39.7 Å². The molecule has 132 valence electrons. The van der Waals surface area contributed by atoms with Crippen molar-refractivity contribution in [3.63, 3.8) is 0 Å². The summed E-state index contributed by atoms with van der Waals surface area (Å²) < 4.78 is 1.30. The smallest absolute Gasteiger partial charge is 0.288 e. The lowest BCUT2D eigenvalue weighted by Gasteiger charge is -2.32. The second kappa shape index (κ2) is 7.99. The van der Waals surface area contributed by atoms with E-state index in [-0.39, 0.29) is 22.0 Å². The van der Waals surface area contributed by atoms with Crippen LogP contribution in [0.25, 0.3) is 0 Å². The molecule has 1 amide bonds. The molecule has 0 bridgehead atoms. The maximum Gasteiger partial charge on any atom is 0.288 e. The van der Waals surface area contributed by atoms with Crippen LogP contribution in [0.2, 0.25) is 10.0 Å². The normalized spacial score (nSPS) is 15.9. The Hall–Kier alpha value is -1.89. The Bertz CT molecular complexity index is 802. The van der Waals surface area contributed by atoms with Gasteiger partial charge >= 0.3 is 0 Å². The van der Waals surface area contributed by atoms with Gasteiger partial charge in [0.25, 0.3) is 11.5 Å². The van der Waals surface area contributed by atoms with Crippen molar-refractivity contribution in [3.05, 3.63) is 62.5 Å². The molecule has 6 nitrogen and oxygen atoms in total. The maximum absolute atomic E-state index is 12.2. The van der Waals surface area contributed by atoms with Crippen molar-refractivity contribution in [2.75, 3.05) is 13.1 Å². The Morgan fingerprint density at radius 2 is 1.88 bits per heavy atom. The van der Waals surface area contributed by atoms with Gasteiger partial charge in [-0.2, -0.15) is 5.10 Å². The first-order valence-corrected chi connectivity index (χ1v) is 8.79. The molecule has 1 saturated heterocycles. The molecule has 1 aliphatic heterocycles. The number of halogens is 2. The Balaban J connectivity index is 1.53. The second-order valence-electron chi connectivity index (χ2n) is 5.98. The molecule has 1 aliphatic rings. The minimum atomic E-state index is -0.395. The molecule has 1 N–H and O–H groups in total. The molecular weight excluding hydrogens is 363 g/mol. The Labute approximate surface area is 155 Å². The summed E-state index contributed by atoms with van der Waals surface area (Å²) in [7, 11) is 0. The maximum atomic E-state index is 12.2. The van der Waals surface area contributed by atoms with Crippen LogP contribution >= 0.6 is 23.2 Å². The summed E-state index contributed by atoms with van der Waals surface area (Å²) in [5.74, 6) is -0.0542. The van der Waals surface area contributed by atoms with Crippen LogP contribution in [0, 0.1) is 0 Å². The molecule has 1 aromatic heterocycles. The Kier molecular flexibility index (Phi) is 5.73. The summed E-state index contributed by atoms with van der Waals surface area (Å²) in [5.41, 5.74) is 0.269. The lowest BCUT2D eigenvalue weighted by Crippen LogP contribution is -2.46.